The van der Waals surface area contributed by atoms with Crippen LogP contribution in [0, 0.1) is 17.7 Å². The Morgan fingerprint density at radius 2 is 1.77 bits per heavy atom. The quantitative estimate of drug-likeness (QED) is 0.409. The van der Waals surface area contributed by atoms with Crippen molar-refractivity contribution in [3.8, 4) is 0 Å². The summed E-state index contributed by atoms with van der Waals surface area (Å²) < 4.78 is 24.8. The van der Waals surface area contributed by atoms with Crippen molar-refractivity contribution in [1.82, 2.24) is 15.1 Å². The Balaban J connectivity index is 1.50. The minimum atomic E-state index is -0.760. The zero-order valence-electron chi connectivity index (χ0n) is 23.8. The van der Waals surface area contributed by atoms with E-state index in [1.54, 1.807) is 15.9 Å². The molecule has 0 aliphatic carbocycles. The molecule has 2 aliphatic heterocycles. The number of likely N-dealkylation sites (tertiary alicyclic amines) is 2. The molecule has 3 rings (SSSR count). The molecule has 0 spiro atoms. The number of carbonyl (C=O) groups excluding carboxylic acids is 4. The molecule has 1 N–H and O–H groups in total. The Labute approximate surface area is 244 Å². The van der Waals surface area contributed by atoms with E-state index < -0.39 is 29.3 Å². The van der Waals surface area contributed by atoms with Crippen molar-refractivity contribution in [3.63, 3.8) is 0 Å². The summed E-state index contributed by atoms with van der Waals surface area (Å²) in [6.45, 7) is 7.69. The molecule has 9 nitrogen and oxygen atoms in total. The number of ether oxygens (including phenoxy) is 2. The summed E-state index contributed by atoms with van der Waals surface area (Å²) in [5.41, 5.74) is -0.0744. The normalized spacial score (nSPS) is 19.1. The fourth-order valence-corrected chi connectivity index (χ4v) is 5.69. The van der Waals surface area contributed by atoms with Crippen LogP contribution < -0.4 is 5.32 Å². The molecular formula is C29H41BrFN3O6. The van der Waals surface area contributed by atoms with Crippen molar-refractivity contribution in [3.05, 3.63) is 34.1 Å². The van der Waals surface area contributed by atoms with Crippen molar-refractivity contribution < 1.29 is 33.0 Å². The van der Waals surface area contributed by atoms with Gasteiger partial charge in [0.2, 0.25) is 11.8 Å². The van der Waals surface area contributed by atoms with Crippen molar-refractivity contribution in [1.29, 1.82) is 0 Å². The highest BCUT2D eigenvalue weighted by atomic mass is 79.9. The lowest BCUT2D eigenvalue weighted by molar-refractivity contribution is -0.141. The topological polar surface area (TPSA) is 105 Å². The largest absolute Gasteiger partial charge is 0.469 e. The van der Waals surface area contributed by atoms with Gasteiger partial charge in [0, 0.05) is 37.1 Å². The van der Waals surface area contributed by atoms with Gasteiger partial charge in [-0.3, -0.25) is 14.4 Å². The first-order valence-corrected chi connectivity index (χ1v) is 14.7. The fourth-order valence-electron chi connectivity index (χ4n) is 5.20. The van der Waals surface area contributed by atoms with E-state index in [1.807, 2.05) is 20.8 Å². The van der Waals surface area contributed by atoms with Gasteiger partial charge in [-0.2, -0.15) is 0 Å². The number of halogens is 2. The predicted octanol–water partition coefficient (Wildman–Crippen LogP) is 4.97. The third-order valence-electron chi connectivity index (χ3n) is 7.38. The van der Waals surface area contributed by atoms with E-state index in [2.05, 4.69) is 21.2 Å². The highest BCUT2D eigenvalue weighted by molar-refractivity contribution is 9.10. The molecule has 2 unspecified atom stereocenters. The van der Waals surface area contributed by atoms with Gasteiger partial charge in [0.15, 0.2) is 0 Å². The van der Waals surface area contributed by atoms with Gasteiger partial charge in [0.1, 0.15) is 11.4 Å². The van der Waals surface area contributed by atoms with Crippen molar-refractivity contribution in [2.24, 2.45) is 11.8 Å². The SMILES string of the molecule is COC(=O)CC(NC(=O)C1CCCN(C(=O)CCC2CCN(C(=O)OC(C)(C)C)CC2)C1)c1cc(F)cc(Br)c1. The summed E-state index contributed by atoms with van der Waals surface area (Å²) in [6, 6.07) is 3.48. The molecular weight excluding hydrogens is 585 g/mol. The smallest absolute Gasteiger partial charge is 0.410 e. The molecule has 0 aromatic heterocycles. The maximum atomic E-state index is 14.0. The molecule has 2 heterocycles. The van der Waals surface area contributed by atoms with Gasteiger partial charge in [-0.1, -0.05) is 15.9 Å². The van der Waals surface area contributed by atoms with Gasteiger partial charge >= 0.3 is 12.1 Å². The summed E-state index contributed by atoms with van der Waals surface area (Å²) in [5.74, 6) is -1.34. The minimum absolute atomic E-state index is 0.0206. The lowest BCUT2D eigenvalue weighted by Crippen LogP contribution is -2.46. The number of carbonyl (C=O) groups is 4. The van der Waals surface area contributed by atoms with Crippen molar-refractivity contribution in [2.75, 3.05) is 33.3 Å². The number of hydrogen-bond acceptors (Lipinski definition) is 6. The maximum Gasteiger partial charge on any atom is 0.410 e. The predicted molar refractivity (Wildman–Crippen MR) is 151 cm³/mol. The van der Waals surface area contributed by atoms with E-state index >= 15 is 0 Å². The van der Waals surface area contributed by atoms with Crippen LogP contribution in [-0.2, 0) is 23.9 Å². The number of hydrogen-bond donors (Lipinski definition) is 1. The number of nitrogens with zero attached hydrogens (tertiary/aromatic N) is 2. The number of esters is 1. The van der Waals surface area contributed by atoms with Gasteiger partial charge in [0.25, 0.3) is 0 Å². The third kappa shape index (κ3) is 9.74. The highest BCUT2D eigenvalue weighted by Gasteiger charge is 2.32. The number of piperidine rings is 2. The first-order chi connectivity index (χ1) is 18.8. The third-order valence-corrected chi connectivity index (χ3v) is 7.84. The second-order valence-electron chi connectivity index (χ2n) is 11.7. The molecule has 0 radical (unpaired) electrons. The summed E-state index contributed by atoms with van der Waals surface area (Å²) >= 11 is 3.26. The molecule has 2 fully saturated rings. The number of nitrogens with one attached hydrogen (secondary N) is 1. The first kappa shape index (κ1) is 31.8. The number of amides is 3. The van der Waals surface area contributed by atoms with Crippen LogP contribution in [0.2, 0.25) is 0 Å². The molecule has 11 heteroatoms. The van der Waals surface area contributed by atoms with Crippen LogP contribution >= 0.6 is 15.9 Å². The molecule has 1 aromatic carbocycles. The van der Waals surface area contributed by atoms with Crippen LogP contribution in [0.4, 0.5) is 9.18 Å². The van der Waals surface area contributed by atoms with Gasteiger partial charge in [0.05, 0.1) is 25.5 Å². The van der Waals surface area contributed by atoms with Crippen molar-refractivity contribution >= 4 is 39.8 Å². The molecule has 40 heavy (non-hydrogen) atoms. The van der Waals surface area contributed by atoms with Crippen molar-refractivity contribution in [2.45, 2.75) is 77.4 Å². The van der Waals surface area contributed by atoms with Crippen LogP contribution in [0.15, 0.2) is 22.7 Å². The van der Waals surface area contributed by atoms with Crippen LogP contribution in [0.5, 0.6) is 0 Å². The second-order valence-corrected chi connectivity index (χ2v) is 12.6. The maximum absolute atomic E-state index is 14.0. The zero-order chi connectivity index (χ0) is 29.4. The van der Waals surface area contributed by atoms with E-state index in [1.165, 1.54) is 19.2 Å². The zero-order valence-corrected chi connectivity index (χ0v) is 25.4. The van der Waals surface area contributed by atoms with E-state index in [0.717, 1.165) is 19.3 Å². The molecule has 2 atom stereocenters. The lowest BCUT2D eigenvalue weighted by Gasteiger charge is -2.35. The molecule has 1 aromatic rings. The number of methoxy groups -OCH3 is 1. The average Bonchev–Trinajstić information content (AvgIpc) is 2.90. The van der Waals surface area contributed by atoms with E-state index in [9.17, 15) is 23.6 Å². The lowest BCUT2D eigenvalue weighted by atomic mass is 9.91. The van der Waals surface area contributed by atoms with Gasteiger partial charge < -0.3 is 24.6 Å². The monoisotopic (exact) mass is 625 g/mol. The van der Waals surface area contributed by atoms with E-state index in [4.69, 9.17) is 9.47 Å². The van der Waals surface area contributed by atoms with E-state index in [0.29, 0.717) is 61.4 Å². The Hall–Kier alpha value is -2.69. The molecule has 2 aliphatic rings. The van der Waals surface area contributed by atoms with Gasteiger partial charge in [-0.05, 0) is 82.6 Å². The van der Waals surface area contributed by atoms with Gasteiger partial charge in [-0.25, -0.2) is 9.18 Å². The molecule has 222 valence electrons. The summed E-state index contributed by atoms with van der Waals surface area (Å²) in [5, 5.41) is 2.89. The molecule has 3 amide bonds. The van der Waals surface area contributed by atoms with Gasteiger partial charge in [-0.15, -0.1) is 0 Å². The Bertz CT molecular complexity index is 1050. The standard InChI is InChI=1S/C29H41BrFN3O6/c1-29(2,3)40-28(38)33-12-9-19(10-13-33)7-8-25(35)34-11-5-6-20(18-34)27(37)32-24(17-26(36)39-4)21-14-22(30)16-23(31)15-21/h14-16,19-20,24H,5-13,17-18H2,1-4H3,(H,32,37). The Kier molecular flexibility index (Phi) is 11.4. The number of rotatable bonds is 8. The Morgan fingerprint density at radius 3 is 2.40 bits per heavy atom. The number of benzene rings is 1. The van der Waals surface area contributed by atoms with Crippen LogP contribution in [-0.4, -0.2) is 72.6 Å². The van der Waals surface area contributed by atoms with Crippen LogP contribution in [0.3, 0.4) is 0 Å². The first-order valence-electron chi connectivity index (χ1n) is 13.9. The average molecular weight is 627 g/mol. The van der Waals surface area contributed by atoms with Crippen LogP contribution in [0.25, 0.3) is 0 Å². The molecule has 0 bridgehead atoms. The van der Waals surface area contributed by atoms with Crippen LogP contribution in [0.1, 0.15) is 77.3 Å². The summed E-state index contributed by atoms with van der Waals surface area (Å²) in [6.07, 6.45) is 3.68. The second kappa shape index (κ2) is 14.3. The summed E-state index contributed by atoms with van der Waals surface area (Å²) in [7, 11) is 1.26. The highest BCUT2D eigenvalue weighted by Crippen LogP contribution is 2.27. The molecule has 0 saturated carbocycles. The minimum Gasteiger partial charge on any atom is -0.469 e. The Morgan fingerprint density at radius 1 is 1.07 bits per heavy atom. The fraction of sp³-hybridized carbons (Fsp3) is 0.655. The van der Waals surface area contributed by atoms with E-state index in [-0.39, 0.29) is 24.3 Å². The molecule has 2 saturated heterocycles. The summed E-state index contributed by atoms with van der Waals surface area (Å²) in [4.78, 5) is 54.0.